The van der Waals surface area contributed by atoms with E-state index in [1.54, 1.807) is 44.1 Å². The lowest BCUT2D eigenvalue weighted by molar-refractivity contribution is 0.0387. The molecule has 2 amide bonds. The van der Waals surface area contributed by atoms with Gasteiger partial charge >= 0.3 is 6.03 Å². The Labute approximate surface area is 137 Å². The van der Waals surface area contributed by atoms with Gasteiger partial charge in [-0.1, -0.05) is 11.6 Å². The fourth-order valence-corrected chi connectivity index (χ4v) is 2.26. The molecule has 0 aliphatic rings. The fraction of sp³-hybridized carbons (Fsp3) is 0.562. The number of amides is 2. The molecule has 0 aromatic heterocycles. The molecule has 0 spiro atoms. The van der Waals surface area contributed by atoms with Gasteiger partial charge in [-0.3, -0.25) is 0 Å². The van der Waals surface area contributed by atoms with Gasteiger partial charge in [-0.15, -0.1) is 0 Å². The molecule has 0 bridgehead atoms. The second kappa shape index (κ2) is 7.70. The van der Waals surface area contributed by atoms with E-state index in [0.29, 0.717) is 17.3 Å². The van der Waals surface area contributed by atoms with Gasteiger partial charge in [-0.05, 0) is 45.9 Å². The Bertz CT molecular complexity index is 513. The van der Waals surface area contributed by atoms with E-state index >= 15 is 0 Å². The van der Waals surface area contributed by atoms with Gasteiger partial charge in [0.15, 0.2) is 0 Å². The zero-order valence-electron chi connectivity index (χ0n) is 13.8. The van der Waals surface area contributed by atoms with Crippen LogP contribution in [0, 0.1) is 0 Å². The highest BCUT2D eigenvalue weighted by Crippen LogP contribution is 2.22. The van der Waals surface area contributed by atoms with Crippen molar-refractivity contribution >= 4 is 17.6 Å². The summed E-state index contributed by atoms with van der Waals surface area (Å²) >= 11 is 5.98. The van der Waals surface area contributed by atoms with E-state index in [1.165, 1.54) is 0 Å². The van der Waals surface area contributed by atoms with Crippen LogP contribution in [-0.2, 0) is 6.54 Å². The minimum absolute atomic E-state index is 0.0207. The van der Waals surface area contributed by atoms with Gasteiger partial charge in [-0.2, -0.15) is 0 Å². The highest BCUT2D eigenvalue weighted by Gasteiger charge is 2.24. The average molecular weight is 329 g/mol. The van der Waals surface area contributed by atoms with Crippen LogP contribution < -0.4 is 10.1 Å². The summed E-state index contributed by atoms with van der Waals surface area (Å²) in [4.78, 5) is 13.9. The first kappa shape index (κ1) is 18.6. The molecule has 0 unspecified atom stereocenters. The summed E-state index contributed by atoms with van der Waals surface area (Å²) in [5, 5.41) is 13.4. The summed E-state index contributed by atoms with van der Waals surface area (Å²) in [6, 6.07) is 5.00. The summed E-state index contributed by atoms with van der Waals surface area (Å²) in [7, 11) is 1.57. The first-order valence-electron chi connectivity index (χ1n) is 7.23. The predicted octanol–water partition coefficient (Wildman–Crippen LogP) is 3.04. The number of urea groups is 1. The highest BCUT2D eigenvalue weighted by atomic mass is 35.5. The van der Waals surface area contributed by atoms with Gasteiger partial charge in [0.25, 0.3) is 0 Å². The third kappa shape index (κ3) is 5.73. The van der Waals surface area contributed by atoms with Crippen molar-refractivity contribution < 1.29 is 14.6 Å². The number of halogens is 1. The molecule has 6 heteroatoms. The van der Waals surface area contributed by atoms with Gasteiger partial charge < -0.3 is 20.1 Å². The molecule has 22 heavy (non-hydrogen) atoms. The number of aliphatic hydroxyl groups is 1. The molecule has 1 aromatic carbocycles. The van der Waals surface area contributed by atoms with E-state index < -0.39 is 5.60 Å². The van der Waals surface area contributed by atoms with Crippen LogP contribution in [0.3, 0.4) is 0 Å². The molecule has 2 N–H and O–H groups in total. The lowest BCUT2D eigenvalue weighted by atomic mass is 10.1. The van der Waals surface area contributed by atoms with E-state index in [1.807, 2.05) is 13.8 Å². The Hall–Kier alpha value is -1.46. The zero-order chi connectivity index (χ0) is 16.9. The molecule has 1 aromatic rings. The summed E-state index contributed by atoms with van der Waals surface area (Å²) in [5.74, 6) is 0.670. The fourth-order valence-electron chi connectivity index (χ4n) is 2.06. The Balaban J connectivity index is 2.77. The Morgan fingerprint density at radius 1 is 1.45 bits per heavy atom. The number of carbonyl (C=O) groups is 1. The molecule has 5 nitrogen and oxygen atoms in total. The van der Waals surface area contributed by atoms with Crippen molar-refractivity contribution in [2.24, 2.45) is 0 Å². The van der Waals surface area contributed by atoms with E-state index in [4.69, 9.17) is 16.3 Å². The summed E-state index contributed by atoms with van der Waals surface area (Å²) in [6.45, 7) is 7.72. The van der Waals surface area contributed by atoms with E-state index in [2.05, 4.69) is 5.32 Å². The van der Waals surface area contributed by atoms with Crippen LogP contribution in [0.25, 0.3) is 0 Å². The van der Waals surface area contributed by atoms with Crippen molar-refractivity contribution in [2.45, 2.75) is 45.9 Å². The van der Waals surface area contributed by atoms with Crippen LogP contribution in [-0.4, -0.2) is 41.3 Å². The van der Waals surface area contributed by atoms with Crippen molar-refractivity contribution in [2.75, 3.05) is 13.7 Å². The summed E-state index contributed by atoms with van der Waals surface area (Å²) in [5.41, 5.74) is -0.148. The zero-order valence-corrected chi connectivity index (χ0v) is 14.6. The Morgan fingerprint density at radius 3 is 2.59 bits per heavy atom. The van der Waals surface area contributed by atoms with Crippen molar-refractivity contribution in [1.29, 1.82) is 0 Å². The monoisotopic (exact) mass is 328 g/mol. The largest absolute Gasteiger partial charge is 0.496 e. The summed E-state index contributed by atoms with van der Waals surface area (Å²) in [6.07, 6.45) is 0. The first-order chi connectivity index (χ1) is 10.1. The maximum atomic E-state index is 12.4. The topological polar surface area (TPSA) is 61.8 Å². The number of rotatable bonds is 6. The number of hydrogen-bond donors (Lipinski definition) is 2. The van der Waals surface area contributed by atoms with Crippen molar-refractivity contribution in [1.82, 2.24) is 10.2 Å². The number of carbonyl (C=O) groups excluding carboxylic acids is 1. The highest BCUT2D eigenvalue weighted by molar-refractivity contribution is 6.30. The number of benzene rings is 1. The molecule has 0 heterocycles. The number of hydrogen-bond acceptors (Lipinski definition) is 3. The molecule has 0 saturated carbocycles. The molecule has 0 fully saturated rings. The van der Waals surface area contributed by atoms with Gasteiger partial charge in [0.2, 0.25) is 0 Å². The van der Waals surface area contributed by atoms with Crippen LogP contribution >= 0.6 is 11.6 Å². The van der Waals surface area contributed by atoms with E-state index in [0.717, 1.165) is 5.56 Å². The lowest BCUT2D eigenvalue weighted by Crippen LogP contribution is -2.49. The third-order valence-electron chi connectivity index (χ3n) is 3.11. The average Bonchev–Trinajstić information content (AvgIpc) is 2.41. The smallest absolute Gasteiger partial charge is 0.317 e. The molecular formula is C16H25ClN2O3. The van der Waals surface area contributed by atoms with Gasteiger partial charge in [-0.25, -0.2) is 4.79 Å². The van der Waals surface area contributed by atoms with E-state index in [9.17, 15) is 9.90 Å². The minimum atomic E-state index is -0.949. The molecule has 0 saturated heterocycles. The van der Waals surface area contributed by atoms with Gasteiger partial charge in [0.05, 0.1) is 19.3 Å². The van der Waals surface area contributed by atoms with E-state index in [-0.39, 0.29) is 18.6 Å². The molecule has 1 rings (SSSR count). The second-order valence-corrected chi connectivity index (χ2v) is 6.59. The predicted molar refractivity (Wildman–Crippen MR) is 88.4 cm³/mol. The van der Waals surface area contributed by atoms with Crippen molar-refractivity contribution in [3.8, 4) is 5.75 Å². The van der Waals surface area contributed by atoms with Crippen LogP contribution in [0.4, 0.5) is 4.79 Å². The second-order valence-electron chi connectivity index (χ2n) is 6.15. The van der Waals surface area contributed by atoms with Crippen LogP contribution in [0.2, 0.25) is 5.02 Å². The maximum Gasteiger partial charge on any atom is 0.317 e. The molecule has 124 valence electrons. The molecular weight excluding hydrogens is 304 g/mol. The van der Waals surface area contributed by atoms with Crippen molar-refractivity contribution in [3.63, 3.8) is 0 Å². The Morgan fingerprint density at radius 2 is 2.09 bits per heavy atom. The molecule has 0 aliphatic heterocycles. The standard InChI is InChI=1S/C16H25ClN2O3/c1-11(2)19(10-16(3,4)21)15(20)18-9-12-8-13(17)6-7-14(12)22-5/h6-8,11,21H,9-10H2,1-5H3,(H,18,20). The van der Waals surface area contributed by atoms with Crippen LogP contribution in [0.5, 0.6) is 5.75 Å². The molecule has 0 atom stereocenters. The Kier molecular flexibility index (Phi) is 6.50. The van der Waals surface area contributed by atoms with Crippen LogP contribution in [0.15, 0.2) is 18.2 Å². The third-order valence-corrected chi connectivity index (χ3v) is 3.35. The number of methoxy groups -OCH3 is 1. The number of nitrogens with one attached hydrogen (secondary N) is 1. The first-order valence-corrected chi connectivity index (χ1v) is 7.61. The molecule has 0 aliphatic carbocycles. The minimum Gasteiger partial charge on any atom is -0.496 e. The van der Waals surface area contributed by atoms with Crippen LogP contribution in [0.1, 0.15) is 33.3 Å². The molecule has 0 radical (unpaired) electrons. The normalized spacial score (nSPS) is 11.5. The van der Waals surface area contributed by atoms with Crippen molar-refractivity contribution in [3.05, 3.63) is 28.8 Å². The quantitative estimate of drug-likeness (QED) is 0.843. The van der Waals surface area contributed by atoms with Gasteiger partial charge in [0, 0.05) is 23.2 Å². The number of nitrogens with zero attached hydrogens (tertiary/aromatic N) is 1. The lowest BCUT2D eigenvalue weighted by Gasteiger charge is -2.32. The summed E-state index contributed by atoms with van der Waals surface area (Å²) < 4.78 is 5.26. The number of ether oxygens (including phenoxy) is 1. The van der Waals surface area contributed by atoms with Gasteiger partial charge in [0.1, 0.15) is 5.75 Å². The SMILES string of the molecule is COc1ccc(Cl)cc1CNC(=O)N(CC(C)(C)O)C(C)C. The maximum absolute atomic E-state index is 12.4.